The van der Waals surface area contributed by atoms with E-state index in [2.05, 4.69) is 15.0 Å². The average Bonchev–Trinajstić information content (AvgIpc) is 2.55. The summed E-state index contributed by atoms with van der Waals surface area (Å²) < 4.78 is 0. The molecular weight excluding hydrogens is 264 g/mol. The van der Waals surface area contributed by atoms with E-state index in [1.807, 2.05) is 35.2 Å². The van der Waals surface area contributed by atoms with E-state index < -0.39 is 0 Å². The lowest BCUT2D eigenvalue weighted by Crippen LogP contribution is -2.19. The molecule has 21 heavy (non-hydrogen) atoms. The van der Waals surface area contributed by atoms with Crippen LogP contribution < -0.4 is 4.90 Å². The lowest BCUT2D eigenvalue weighted by Gasteiger charge is -2.22. The molecule has 0 spiro atoms. The highest BCUT2D eigenvalue weighted by molar-refractivity contribution is 5.64. The summed E-state index contributed by atoms with van der Waals surface area (Å²) in [7, 11) is 0. The van der Waals surface area contributed by atoms with Gasteiger partial charge in [-0.1, -0.05) is 18.2 Å². The minimum Gasteiger partial charge on any atom is -0.506 e. The smallest absolute Gasteiger partial charge is 0.230 e. The van der Waals surface area contributed by atoms with E-state index in [1.165, 1.54) is 0 Å². The molecule has 0 aliphatic heterocycles. The number of anilines is 2. The normalized spacial score (nSPS) is 10.3. The van der Waals surface area contributed by atoms with Gasteiger partial charge in [0.25, 0.3) is 0 Å². The van der Waals surface area contributed by atoms with Crippen molar-refractivity contribution in [2.75, 3.05) is 4.90 Å². The monoisotopic (exact) mass is 278 g/mol. The highest BCUT2D eigenvalue weighted by Gasteiger charge is 2.16. The number of benzene rings is 1. The molecule has 3 rings (SSSR count). The molecule has 3 aromatic rings. The van der Waals surface area contributed by atoms with Crippen LogP contribution in [0.25, 0.3) is 0 Å². The Morgan fingerprint density at radius 3 is 2.24 bits per heavy atom. The maximum atomic E-state index is 10.1. The van der Waals surface area contributed by atoms with Gasteiger partial charge in [-0.25, -0.2) is 9.97 Å². The number of pyridine rings is 1. The van der Waals surface area contributed by atoms with Gasteiger partial charge in [0.1, 0.15) is 5.75 Å². The van der Waals surface area contributed by atoms with Gasteiger partial charge in [0.05, 0.1) is 17.9 Å². The molecule has 104 valence electrons. The highest BCUT2D eigenvalue weighted by Crippen LogP contribution is 2.31. The quantitative estimate of drug-likeness (QED) is 0.795. The van der Waals surface area contributed by atoms with Crippen molar-refractivity contribution in [1.82, 2.24) is 15.0 Å². The summed E-state index contributed by atoms with van der Waals surface area (Å²) in [6.07, 6.45) is 5.09. The van der Waals surface area contributed by atoms with Crippen molar-refractivity contribution in [3.63, 3.8) is 0 Å². The fraction of sp³-hybridized carbons (Fsp3) is 0.0625. The van der Waals surface area contributed by atoms with Crippen LogP contribution in [-0.2, 0) is 6.54 Å². The van der Waals surface area contributed by atoms with Crippen molar-refractivity contribution in [1.29, 1.82) is 0 Å². The topological polar surface area (TPSA) is 62.1 Å². The molecule has 0 aliphatic carbocycles. The van der Waals surface area contributed by atoms with E-state index in [-0.39, 0.29) is 5.75 Å². The molecule has 0 fully saturated rings. The van der Waals surface area contributed by atoms with Gasteiger partial charge in [-0.3, -0.25) is 4.98 Å². The van der Waals surface area contributed by atoms with E-state index in [4.69, 9.17) is 0 Å². The largest absolute Gasteiger partial charge is 0.506 e. The number of phenolic OH excluding ortho intramolecular Hbond substituents is 1. The molecule has 5 heteroatoms. The lowest BCUT2D eigenvalue weighted by molar-refractivity contribution is 0.475. The molecular formula is C16H14N4O. The summed E-state index contributed by atoms with van der Waals surface area (Å²) in [5, 5.41) is 10.1. The van der Waals surface area contributed by atoms with Gasteiger partial charge in [-0.2, -0.15) is 0 Å². The molecule has 0 amide bonds. The van der Waals surface area contributed by atoms with Crippen molar-refractivity contribution >= 4 is 11.6 Å². The zero-order valence-electron chi connectivity index (χ0n) is 11.3. The second-order valence-corrected chi connectivity index (χ2v) is 4.44. The summed E-state index contributed by atoms with van der Waals surface area (Å²) in [6, 6.07) is 14.6. The fourth-order valence-electron chi connectivity index (χ4n) is 2.04. The summed E-state index contributed by atoms with van der Waals surface area (Å²) in [5.41, 5.74) is 1.52. The zero-order chi connectivity index (χ0) is 14.5. The summed E-state index contributed by atoms with van der Waals surface area (Å²) in [4.78, 5) is 14.7. The van der Waals surface area contributed by atoms with Crippen LogP contribution >= 0.6 is 0 Å². The van der Waals surface area contributed by atoms with E-state index in [0.717, 1.165) is 5.69 Å². The standard InChI is InChI=1S/C16H14N4O/c21-15-8-2-1-7-14(15)20(16-18-10-5-11-19-16)12-13-6-3-4-9-17-13/h1-11,21H,12H2. The Bertz CT molecular complexity index is 704. The van der Waals surface area contributed by atoms with Crippen molar-refractivity contribution in [3.05, 3.63) is 72.8 Å². The highest BCUT2D eigenvalue weighted by atomic mass is 16.3. The van der Waals surface area contributed by atoms with Gasteiger partial charge in [0.2, 0.25) is 5.95 Å². The number of para-hydroxylation sites is 2. The number of aromatic hydroxyl groups is 1. The molecule has 0 bridgehead atoms. The Balaban J connectivity index is 2.02. The van der Waals surface area contributed by atoms with E-state index in [0.29, 0.717) is 18.2 Å². The Kier molecular flexibility index (Phi) is 3.73. The Labute approximate surface area is 122 Å². The van der Waals surface area contributed by atoms with Crippen LogP contribution in [-0.4, -0.2) is 20.1 Å². The minimum absolute atomic E-state index is 0.181. The molecule has 2 heterocycles. The predicted octanol–water partition coefficient (Wildman–Crippen LogP) is 2.92. The second kappa shape index (κ2) is 6.00. The van der Waals surface area contributed by atoms with Gasteiger partial charge < -0.3 is 10.0 Å². The van der Waals surface area contributed by atoms with Gasteiger partial charge in [-0.05, 0) is 30.3 Å². The number of phenols is 1. The van der Waals surface area contributed by atoms with Gasteiger partial charge in [-0.15, -0.1) is 0 Å². The van der Waals surface area contributed by atoms with Gasteiger partial charge in [0, 0.05) is 18.6 Å². The Morgan fingerprint density at radius 1 is 0.810 bits per heavy atom. The first kappa shape index (κ1) is 13.1. The summed E-state index contributed by atoms with van der Waals surface area (Å²) in [5.74, 6) is 0.700. The molecule has 2 aromatic heterocycles. The predicted molar refractivity (Wildman–Crippen MR) is 80.2 cm³/mol. The van der Waals surface area contributed by atoms with E-state index >= 15 is 0 Å². The van der Waals surface area contributed by atoms with Crippen molar-refractivity contribution in [2.24, 2.45) is 0 Å². The van der Waals surface area contributed by atoms with Crippen LogP contribution in [0.1, 0.15) is 5.69 Å². The number of aromatic nitrogens is 3. The van der Waals surface area contributed by atoms with Crippen LogP contribution in [0.3, 0.4) is 0 Å². The number of hydrogen-bond donors (Lipinski definition) is 1. The Morgan fingerprint density at radius 2 is 1.52 bits per heavy atom. The zero-order valence-corrected chi connectivity index (χ0v) is 11.3. The van der Waals surface area contributed by atoms with E-state index in [9.17, 15) is 5.11 Å². The van der Waals surface area contributed by atoms with Crippen molar-refractivity contribution in [3.8, 4) is 5.75 Å². The molecule has 0 saturated heterocycles. The molecule has 0 unspecified atom stereocenters. The van der Waals surface area contributed by atoms with Crippen LogP contribution in [0.2, 0.25) is 0 Å². The Hall–Kier alpha value is -2.95. The lowest BCUT2D eigenvalue weighted by atomic mass is 10.2. The van der Waals surface area contributed by atoms with Crippen LogP contribution in [0.15, 0.2) is 67.1 Å². The molecule has 5 nitrogen and oxygen atoms in total. The van der Waals surface area contributed by atoms with Crippen molar-refractivity contribution in [2.45, 2.75) is 6.54 Å². The van der Waals surface area contributed by atoms with Gasteiger partial charge in [0.15, 0.2) is 0 Å². The third-order valence-corrected chi connectivity index (χ3v) is 3.01. The second-order valence-electron chi connectivity index (χ2n) is 4.44. The first-order chi connectivity index (χ1) is 10.3. The minimum atomic E-state index is 0.181. The number of hydrogen-bond acceptors (Lipinski definition) is 5. The maximum Gasteiger partial charge on any atom is 0.230 e. The SMILES string of the molecule is Oc1ccccc1N(Cc1ccccn1)c1ncccn1. The third kappa shape index (κ3) is 2.97. The maximum absolute atomic E-state index is 10.1. The molecule has 1 N–H and O–H groups in total. The number of nitrogens with zero attached hydrogens (tertiary/aromatic N) is 4. The van der Waals surface area contributed by atoms with Crippen molar-refractivity contribution < 1.29 is 5.11 Å². The van der Waals surface area contributed by atoms with Crippen LogP contribution in [0.4, 0.5) is 11.6 Å². The molecule has 0 radical (unpaired) electrons. The molecule has 0 atom stereocenters. The van der Waals surface area contributed by atoms with Crippen LogP contribution in [0, 0.1) is 0 Å². The van der Waals surface area contributed by atoms with Gasteiger partial charge >= 0.3 is 0 Å². The first-order valence-corrected chi connectivity index (χ1v) is 6.57. The number of rotatable bonds is 4. The molecule has 0 aliphatic rings. The van der Waals surface area contributed by atoms with E-state index in [1.54, 1.807) is 36.8 Å². The molecule has 0 saturated carbocycles. The average molecular weight is 278 g/mol. The van der Waals surface area contributed by atoms with Crippen LogP contribution in [0.5, 0.6) is 5.75 Å². The molecule has 1 aromatic carbocycles. The fourth-order valence-corrected chi connectivity index (χ4v) is 2.04. The summed E-state index contributed by atoms with van der Waals surface area (Å²) >= 11 is 0. The summed E-state index contributed by atoms with van der Waals surface area (Å²) in [6.45, 7) is 0.475. The first-order valence-electron chi connectivity index (χ1n) is 6.57. The third-order valence-electron chi connectivity index (χ3n) is 3.01.